The fourth-order valence-electron chi connectivity index (χ4n) is 0.773. The second-order valence-electron chi connectivity index (χ2n) is 3.27. The Morgan fingerprint density at radius 2 is 1.70 bits per heavy atom. The first-order valence-corrected chi connectivity index (χ1v) is 3.86. The number of aliphatic hydroxyl groups is 1. The summed E-state index contributed by atoms with van der Waals surface area (Å²) in [7, 11) is 0. The number of ether oxygens (including phenoxy) is 1. The van der Waals surface area contributed by atoms with Crippen molar-refractivity contribution >= 4 is 0 Å². The molecular weight excluding hydrogens is 128 g/mol. The number of hydrogen-bond acceptors (Lipinski definition) is 2. The lowest BCUT2D eigenvalue weighted by atomic mass is 10.1. The molecule has 0 saturated heterocycles. The maximum Gasteiger partial charge on any atom is 0.155 e. The predicted molar refractivity (Wildman–Crippen MR) is 41.7 cm³/mol. The summed E-state index contributed by atoms with van der Waals surface area (Å²) in [5.74, 6) is 0.494. The van der Waals surface area contributed by atoms with Crippen molar-refractivity contribution in [1.82, 2.24) is 0 Å². The molecule has 0 saturated carbocycles. The van der Waals surface area contributed by atoms with Crippen LogP contribution in [0, 0.1) is 5.92 Å². The van der Waals surface area contributed by atoms with Crippen molar-refractivity contribution in [2.24, 2.45) is 5.92 Å². The van der Waals surface area contributed by atoms with E-state index in [2.05, 4.69) is 13.8 Å². The Morgan fingerprint density at radius 1 is 1.20 bits per heavy atom. The molecule has 0 fully saturated rings. The Morgan fingerprint density at radius 3 is 2.00 bits per heavy atom. The molecule has 0 aliphatic heterocycles. The highest BCUT2D eigenvalue weighted by Gasteiger charge is 2.07. The smallest absolute Gasteiger partial charge is 0.155 e. The normalized spacial score (nSPS) is 14.7. The molecule has 0 bridgehead atoms. The molecule has 2 heteroatoms. The van der Waals surface area contributed by atoms with Gasteiger partial charge in [-0.1, -0.05) is 13.8 Å². The van der Waals surface area contributed by atoms with E-state index in [0.29, 0.717) is 5.92 Å². The molecule has 2 nitrogen and oxygen atoms in total. The second-order valence-corrected chi connectivity index (χ2v) is 3.27. The van der Waals surface area contributed by atoms with E-state index in [-0.39, 0.29) is 6.10 Å². The summed E-state index contributed by atoms with van der Waals surface area (Å²) in [6.45, 7) is 7.97. The Hall–Kier alpha value is -0.0800. The maximum atomic E-state index is 9.17. The number of aliphatic hydroxyl groups excluding tert-OH is 1. The maximum absolute atomic E-state index is 9.17. The summed E-state index contributed by atoms with van der Waals surface area (Å²) in [6, 6.07) is 0. The van der Waals surface area contributed by atoms with E-state index < -0.39 is 6.29 Å². The lowest BCUT2D eigenvalue weighted by Gasteiger charge is -2.16. The highest BCUT2D eigenvalue weighted by molar-refractivity contribution is 4.49. The molecular formula is C8H18O2. The van der Waals surface area contributed by atoms with Crippen LogP contribution in [0.3, 0.4) is 0 Å². The quantitative estimate of drug-likeness (QED) is 0.612. The molecule has 0 aromatic heterocycles. The van der Waals surface area contributed by atoms with E-state index >= 15 is 0 Å². The third-order valence-corrected chi connectivity index (χ3v) is 1.10. The molecule has 0 radical (unpaired) electrons. The third kappa shape index (κ3) is 6.05. The van der Waals surface area contributed by atoms with Crippen LogP contribution in [0.1, 0.15) is 34.1 Å². The second kappa shape index (κ2) is 4.69. The van der Waals surface area contributed by atoms with E-state index in [1.54, 1.807) is 0 Å². The van der Waals surface area contributed by atoms with E-state index in [9.17, 15) is 0 Å². The summed E-state index contributed by atoms with van der Waals surface area (Å²) in [6.07, 6.45) is 0.256. The molecule has 0 spiro atoms. The van der Waals surface area contributed by atoms with Crippen LogP contribution in [0.25, 0.3) is 0 Å². The van der Waals surface area contributed by atoms with Gasteiger partial charge < -0.3 is 9.84 Å². The highest BCUT2D eigenvalue weighted by atomic mass is 16.6. The molecule has 0 aliphatic carbocycles. The fourth-order valence-corrected chi connectivity index (χ4v) is 0.773. The minimum Gasteiger partial charge on any atom is -0.368 e. The van der Waals surface area contributed by atoms with Crippen LogP contribution in [0.15, 0.2) is 0 Å². The molecule has 1 atom stereocenters. The molecule has 0 aromatic carbocycles. The Balaban J connectivity index is 3.34. The van der Waals surface area contributed by atoms with Crippen molar-refractivity contribution in [2.75, 3.05) is 0 Å². The SMILES string of the molecule is CC(C)C[C@H](O)OC(C)C. The Bertz CT molecular complexity index is 69.3. The van der Waals surface area contributed by atoms with Gasteiger partial charge in [-0.05, 0) is 19.8 Å². The molecule has 0 aromatic rings. The zero-order chi connectivity index (χ0) is 8.15. The third-order valence-electron chi connectivity index (χ3n) is 1.10. The summed E-state index contributed by atoms with van der Waals surface area (Å²) in [4.78, 5) is 0. The largest absolute Gasteiger partial charge is 0.368 e. The number of rotatable bonds is 4. The van der Waals surface area contributed by atoms with E-state index in [1.165, 1.54) is 0 Å². The molecule has 10 heavy (non-hydrogen) atoms. The summed E-state index contributed by atoms with van der Waals surface area (Å²) < 4.78 is 5.12. The van der Waals surface area contributed by atoms with Crippen LogP contribution in [0.2, 0.25) is 0 Å². The first-order valence-electron chi connectivity index (χ1n) is 3.86. The van der Waals surface area contributed by atoms with Crippen LogP contribution < -0.4 is 0 Å². The minimum atomic E-state index is -0.583. The monoisotopic (exact) mass is 146 g/mol. The first-order chi connectivity index (χ1) is 4.52. The van der Waals surface area contributed by atoms with Gasteiger partial charge in [-0.25, -0.2) is 0 Å². The van der Waals surface area contributed by atoms with Crippen molar-refractivity contribution in [3.8, 4) is 0 Å². The lowest BCUT2D eigenvalue weighted by Crippen LogP contribution is -2.18. The van der Waals surface area contributed by atoms with E-state index in [4.69, 9.17) is 9.84 Å². The Labute approximate surface area is 63.2 Å². The van der Waals surface area contributed by atoms with Crippen molar-refractivity contribution < 1.29 is 9.84 Å². The molecule has 1 N–H and O–H groups in total. The van der Waals surface area contributed by atoms with Gasteiger partial charge in [0.25, 0.3) is 0 Å². The van der Waals surface area contributed by atoms with E-state index in [0.717, 1.165) is 6.42 Å². The summed E-state index contributed by atoms with van der Waals surface area (Å²) >= 11 is 0. The van der Waals surface area contributed by atoms with Gasteiger partial charge in [-0.3, -0.25) is 0 Å². The van der Waals surface area contributed by atoms with Crippen molar-refractivity contribution in [1.29, 1.82) is 0 Å². The molecule has 0 aliphatic rings. The molecule has 0 unspecified atom stereocenters. The van der Waals surface area contributed by atoms with Crippen LogP contribution >= 0.6 is 0 Å². The summed E-state index contributed by atoms with van der Waals surface area (Å²) in [5.41, 5.74) is 0. The van der Waals surface area contributed by atoms with Gasteiger partial charge in [-0.15, -0.1) is 0 Å². The lowest BCUT2D eigenvalue weighted by molar-refractivity contribution is -0.133. The number of hydrogen-bond donors (Lipinski definition) is 1. The van der Waals surface area contributed by atoms with Gasteiger partial charge in [0.1, 0.15) is 0 Å². The van der Waals surface area contributed by atoms with Gasteiger partial charge in [0, 0.05) is 6.42 Å². The van der Waals surface area contributed by atoms with Gasteiger partial charge in [0.2, 0.25) is 0 Å². The average Bonchev–Trinajstić information content (AvgIpc) is 1.58. The Kier molecular flexibility index (Phi) is 4.65. The van der Waals surface area contributed by atoms with Crippen molar-refractivity contribution in [3.05, 3.63) is 0 Å². The highest BCUT2D eigenvalue weighted by Crippen LogP contribution is 2.07. The van der Waals surface area contributed by atoms with Gasteiger partial charge in [0.05, 0.1) is 6.10 Å². The van der Waals surface area contributed by atoms with Crippen LogP contribution in [-0.2, 0) is 4.74 Å². The molecule has 0 heterocycles. The topological polar surface area (TPSA) is 29.5 Å². The molecule has 0 amide bonds. The standard InChI is InChI=1S/C8H18O2/c1-6(2)5-8(9)10-7(3)4/h6-9H,5H2,1-4H3/t8-/m1/s1. The van der Waals surface area contributed by atoms with Gasteiger partial charge >= 0.3 is 0 Å². The van der Waals surface area contributed by atoms with Gasteiger partial charge in [-0.2, -0.15) is 0 Å². The molecule has 0 rings (SSSR count). The van der Waals surface area contributed by atoms with Crippen LogP contribution in [0.5, 0.6) is 0 Å². The minimum absolute atomic E-state index is 0.119. The van der Waals surface area contributed by atoms with Crippen LogP contribution in [0.4, 0.5) is 0 Å². The fraction of sp³-hybridized carbons (Fsp3) is 1.00. The van der Waals surface area contributed by atoms with Crippen molar-refractivity contribution in [3.63, 3.8) is 0 Å². The van der Waals surface area contributed by atoms with Crippen LogP contribution in [-0.4, -0.2) is 17.5 Å². The van der Waals surface area contributed by atoms with Gasteiger partial charge in [0.15, 0.2) is 6.29 Å². The summed E-state index contributed by atoms with van der Waals surface area (Å²) in [5, 5.41) is 9.17. The molecule has 62 valence electrons. The van der Waals surface area contributed by atoms with E-state index in [1.807, 2.05) is 13.8 Å². The first kappa shape index (κ1) is 9.92. The predicted octanol–water partition coefficient (Wildman–Crippen LogP) is 1.78. The average molecular weight is 146 g/mol. The zero-order valence-electron chi connectivity index (χ0n) is 7.29. The van der Waals surface area contributed by atoms with Crippen molar-refractivity contribution in [2.45, 2.75) is 46.5 Å². The zero-order valence-corrected chi connectivity index (χ0v) is 7.29.